The highest BCUT2D eigenvalue weighted by Gasteiger charge is 2.19. The van der Waals surface area contributed by atoms with E-state index in [0.29, 0.717) is 18.3 Å². The largest absolute Gasteiger partial charge is 0.480 e. The SMILES string of the molecule is CCCN(CC(=O)O)C(=O)NCC1CSCCS1. The standard InChI is InChI=1S/C11H20N2O3S2/c1-2-3-13(7-10(14)15)11(16)12-6-9-8-17-4-5-18-9/h9H,2-8H2,1H3,(H,12,16)(H,14,15). The molecule has 0 saturated carbocycles. The fourth-order valence-corrected chi connectivity index (χ4v) is 4.26. The van der Waals surface area contributed by atoms with E-state index in [1.165, 1.54) is 10.7 Å². The van der Waals surface area contributed by atoms with Gasteiger partial charge in [-0.1, -0.05) is 6.92 Å². The van der Waals surface area contributed by atoms with Gasteiger partial charge in [0.05, 0.1) is 0 Å². The second kappa shape index (κ2) is 8.53. The second-order valence-electron chi connectivity index (χ2n) is 4.07. The topological polar surface area (TPSA) is 69.6 Å². The lowest BCUT2D eigenvalue weighted by atomic mass is 10.4. The number of carboxylic acids is 1. The normalized spacial score (nSPS) is 19.3. The Morgan fingerprint density at radius 3 is 2.78 bits per heavy atom. The molecule has 0 spiro atoms. The average molecular weight is 292 g/mol. The first-order valence-corrected chi connectivity index (χ1v) is 8.27. The van der Waals surface area contributed by atoms with Gasteiger partial charge in [-0.25, -0.2) is 4.79 Å². The number of carbonyl (C=O) groups is 2. The molecule has 1 fully saturated rings. The van der Waals surface area contributed by atoms with Crippen molar-refractivity contribution >= 4 is 35.5 Å². The Kier molecular flexibility index (Phi) is 7.34. The van der Waals surface area contributed by atoms with Gasteiger partial charge < -0.3 is 15.3 Å². The van der Waals surface area contributed by atoms with Crippen LogP contribution < -0.4 is 5.32 Å². The summed E-state index contributed by atoms with van der Waals surface area (Å²) in [6.07, 6.45) is 0.759. The third-order valence-corrected chi connectivity index (χ3v) is 5.32. The van der Waals surface area contributed by atoms with Crippen molar-refractivity contribution in [1.29, 1.82) is 0 Å². The molecule has 104 valence electrons. The van der Waals surface area contributed by atoms with Crippen LogP contribution in [-0.4, -0.2) is 64.1 Å². The van der Waals surface area contributed by atoms with Gasteiger partial charge in [-0.3, -0.25) is 4.79 Å². The second-order valence-corrected chi connectivity index (χ2v) is 6.63. The molecule has 0 radical (unpaired) electrons. The average Bonchev–Trinajstić information content (AvgIpc) is 2.36. The molecular weight excluding hydrogens is 272 g/mol. The first kappa shape index (κ1) is 15.5. The van der Waals surface area contributed by atoms with Crippen LogP contribution in [-0.2, 0) is 4.79 Å². The Bertz CT molecular complexity index is 283. The van der Waals surface area contributed by atoms with Crippen LogP contribution in [0.2, 0.25) is 0 Å². The molecule has 0 aromatic rings. The summed E-state index contributed by atoms with van der Waals surface area (Å²) in [5.74, 6) is 2.38. The zero-order valence-corrected chi connectivity index (χ0v) is 12.2. The van der Waals surface area contributed by atoms with Crippen LogP contribution in [0.5, 0.6) is 0 Å². The Hall–Kier alpha value is -0.560. The molecule has 1 aliphatic rings. The predicted octanol–water partition coefficient (Wildman–Crippen LogP) is 1.34. The van der Waals surface area contributed by atoms with Gasteiger partial charge >= 0.3 is 12.0 Å². The molecule has 18 heavy (non-hydrogen) atoms. The van der Waals surface area contributed by atoms with E-state index in [1.54, 1.807) is 0 Å². The zero-order chi connectivity index (χ0) is 13.4. The lowest BCUT2D eigenvalue weighted by Gasteiger charge is -2.24. The number of amides is 2. The summed E-state index contributed by atoms with van der Waals surface area (Å²) in [5, 5.41) is 12.0. The van der Waals surface area contributed by atoms with E-state index in [-0.39, 0.29) is 12.6 Å². The van der Waals surface area contributed by atoms with Crippen molar-refractivity contribution in [2.75, 3.05) is 36.9 Å². The van der Waals surface area contributed by atoms with Crippen molar-refractivity contribution in [2.24, 2.45) is 0 Å². The van der Waals surface area contributed by atoms with Crippen molar-refractivity contribution in [3.63, 3.8) is 0 Å². The molecule has 0 aromatic carbocycles. The van der Waals surface area contributed by atoms with Gasteiger partial charge in [-0.2, -0.15) is 23.5 Å². The summed E-state index contributed by atoms with van der Waals surface area (Å²) in [6.45, 7) is 2.79. The molecule has 5 nitrogen and oxygen atoms in total. The molecule has 1 unspecified atom stereocenters. The van der Waals surface area contributed by atoms with E-state index >= 15 is 0 Å². The third-order valence-electron chi connectivity index (χ3n) is 2.47. The van der Waals surface area contributed by atoms with Crippen LogP contribution in [0.15, 0.2) is 0 Å². The minimum absolute atomic E-state index is 0.230. The van der Waals surface area contributed by atoms with Crippen molar-refractivity contribution < 1.29 is 14.7 Å². The van der Waals surface area contributed by atoms with E-state index in [2.05, 4.69) is 5.32 Å². The molecule has 1 saturated heterocycles. The van der Waals surface area contributed by atoms with E-state index in [9.17, 15) is 9.59 Å². The molecule has 1 aliphatic heterocycles. The fourth-order valence-electron chi connectivity index (χ4n) is 1.65. The minimum atomic E-state index is -0.971. The maximum absolute atomic E-state index is 11.8. The minimum Gasteiger partial charge on any atom is -0.480 e. The van der Waals surface area contributed by atoms with Crippen molar-refractivity contribution in [3.8, 4) is 0 Å². The first-order chi connectivity index (χ1) is 8.63. The number of urea groups is 1. The molecule has 2 amide bonds. The van der Waals surface area contributed by atoms with Crippen molar-refractivity contribution in [1.82, 2.24) is 10.2 Å². The number of hydrogen-bond donors (Lipinski definition) is 2. The molecule has 2 N–H and O–H groups in total. The predicted molar refractivity (Wildman–Crippen MR) is 76.5 cm³/mol. The van der Waals surface area contributed by atoms with Crippen molar-refractivity contribution in [3.05, 3.63) is 0 Å². The van der Waals surface area contributed by atoms with Crippen LogP contribution in [0.25, 0.3) is 0 Å². The maximum Gasteiger partial charge on any atom is 0.323 e. The smallest absolute Gasteiger partial charge is 0.323 e. The third kappa shape index (κ3) is 5.86. The first-order valence-electron chi connectivity index (χ1n) is 6.07. The summed E-state index contributed by atoms with van der Waals surface area (Å²) in [6, 6.07) is -0.268. The summed E-state index contributed by atoms with van der Waals surface area (Å²) in [7, 11) is 0. The number of carbonyl (C=O) groups excluding carboxylic acids is 1. The Morgan fingerprint density at radius 2 is 2.22 bits per heavy atom. The van der Waals surface area contributed by atoms with Gasteiger partial charge in [-0.05, 0) is 6.42 Å². The molecule has 7 heteroatoms. The van der Waals surface area contributed by atoms with E-state index < -0.39 is 5.97 Å². The van der Waals surface area contributed by atoms with E-state index in [1.807, 2.05) is 30.4 Å². The van der Waals surface area contributed by atoms with Crippen LogP contribution in [0.3, 0.4) is 0 Å². The molecular formula is C11H20N2O3S2. The summed E-state index contributed by atoms with van der Waals surface area (Å²) < 4.78 is 0. The number of thioether (sulfide) groups is 2. The van der Waals surface area contributed by atoms with Crippen LogP contribution in [0.4, 0.5) is 4.79 Å². The van der Waals surface area contributed by atoms with Gasteiger partial charge in [0.25, 0.3) is 0 Å². The van der Waals surface area contributed by atoms with Crippen LogP contribution >= 0.6 is 23.5 Å². The highest BCUT2D eigenvalue weighted by molar-refractivity contribution is 8.06. The summed E-state index contributed by atoms with van der Waals surface area (Å²) >= 11 is 3.78. The lowest BCUT2D eigenvalue weighted by molar-refractivity contribution is -0.137. The lowest BCUT2D eigenvalue weighted by Crippen LogP contribution is -2.45. The molecule has 0 aliphatic carbocycles. The number of nitrogens with zero attached hydrogens (tertiary/aromatic N) is 1. The van der Waals surface area contributed by atoms with Crippen molar-refractivity contribution in [2.45, 2.75) is 18.6 Å². The maximum atomic E-state index is 11.8. The van der Waals surface area contributed by atoms with Crippen LogP contribution in [0.1, 0.15) is 13.3 Å². The molecule has 1 heterocycles. The summed E-state index contributed by atoms with van der Waals surface area (Å²) in [5.41, 5.74) is 0. The Balaban J connectivity index is 2.32. The van der Waals surface area contributed by atoms with Gasteiger partial charge in [0, 0.05) is 35.6 Å². The zero-order valence-electron chi connectivity index (χ0n) is 10.6. The monoisotopic (exact) mass is 292 g/mol. The Labute approximate surface area is 116 Å². The van der Waals surface area contributed by atoms with Gasteiger partial charge in [0.1, 0.15) is 6.54 Å². The Morgan fingerprint density at radius 1 is 1.44 bits per heavy atom. The number of aliphatic carboxylic acids is 1. The number of carboxylic acid groups (broad SMARTS) is 1. The van der Waals surface area contributed by atoms with Gasteiger partial charge in [0.2, 0.25) is 0 Å². The molecule has 0 bridgehead atoms. The van der Waals surface area contributed by atoms with Gasteiger partial charge in [0.15, 0.2) is 0 Å². The number of nitrogens with one attached hydrogen (secondary N) is 1. The highest BCUT2D eigenvalue weighted by Crippen LogP contribution is 2.23. The number of hydrogen-bond acceptors (Lipinski definition) is 4. The van der Waals surface area contributed by atoms with E-state index in [0.717, 1.165) is 17.9 Å². The molecule has 1 atom stereocenters. The quantitative estimate of drug-likeness (QED) is 0.773. The molecule has 1 rings (SSSR count). The van der Waals surface area contributed by atoms with Crippen LogP contribution in [0, 0.1) is 0 Å². The summed E-state index contributed by atoms with van der Waals surface area (Å²) in [4.78, 5) is 23.9. The highest BCUT2D eigenvalue weighted by atomic mass is 32.2. The van der Waals surface area contributed by atoms with Gasteiger partial charge in [-0.15, -0.1) is 0 Å². The van der Waals surface area contributed by atoms with E-state index in [4.69, 9.17) is 5.11 Å². The number of rotatable bonds is 6. The fraction of sp³-hybridized carbons (Fsp3) is 0.818. The molecule has 0 aromatic heterocycles.